The van der Waals surface area contributed by atoms with Crippen molar-refractivity contribution in [1.29, 1.82) is 0 Å². The van der Waals surface area contributed by atoms with E-state index in [-0.39, 0.29) is 11.8 Å². The molecule has 1 aromatic carbocycles. The van der Waals surface area contributed by atoms with Gasteiger partial charge in [0.1, 0.15) is 5.69 Å². The third kappa shape index (κ3) is 3.46. The average molecular weight is 342 g/mol. The van der Waals surface area contributed by atoms with Crippen LogP contribution in [0.1, 0.15) is 10.5 Å². The van der Waals surface area contributed by atoms with Gasteiger partial charge >= 0.3 is 0 Å². The highest BCUT2D eigenvalue weighted by Crippen LogP contribution is 2.27. The molecule has 1 N–H and O–H groups in total. The van der Waals surface area contributed by atoms with Crippen LogP contribution in [0.2, 0.25) is 0 Å². The summed E-state index contributed by atoms with van der Waals surface area (Å²) in [6, 6.07) is 7.68. The standard InChI is InChI=1S/C17H18N4O2S/c1-2-16(22)21-9-7-20(8-10-21)15-6-4-3-5-13(15)19-17(23)14-11-24-12-18-14/h2-6,11-12H,1,7-10H2,(H,19,23). The summed E-state index contributed by atoms with van der Waals surface area (Å²) < 4.78 is 0. The van der Waals surface area contributed by atoms with Crippen molar-refractivity contribution >= 4 is 34.5 Å². The number of aromatic nitrogens is 1. The molecule has 0 bridgehead atoms. The van der Waals surface area contributed by atoms with Gasteiger partial charge in [-0.1, -0.05) is 18.7 Å². The molecule has 1 saturated heterocycles. The molecule has 1 fully saturated rings. The first-order valence-corrected chi connectivity index (χ1v) is 8.58. The summed E-state index contributed by atoms with van der Waals surface area (Å²) in [6.07, 6.45) is 1.34. The van der Waals surface area contributed by atoms with E-state index >= 15 is 0 Å². The van der Waals surface area contributed by atoms with Gasteiger partial charge in [-0.25, -0.2) is 4.98 Å². The van der Waals surface area contributed by atoms with Crippen molar-refractivity contribution in [1.82, 2.24) is 9.88 Å². The second-order valence-corrected chi connectivity index (χ2v) is 6.08. The Hall–Kier alpha value is -2.67. The van der Waals surface area contributed by atoms with Gasteiger partial charge in [0.15, 0.2) is 0 Å². The molecule has 2 heterocycles. The molecule has 124 valence electrons. The van der Waals surface area contributed by atoms with Crippen LogP contribution in [0.15, 0.2) is 47.8 Å². The lowest BCUT2D eigenvalue weighted by Crippen LogP contribution is -2.48. The first-order chi connectivity index (χ1) is 11.7. The van der Waals surface area contributed by atoms with Gasteiger partial charge in [-0.2, -0.15) is 0 Å². The molecule has 6 nitrogen and oxygen atoms in total. The Morgan fingerprint density at radius 3 is 2.62 bits per heavy atom. The fourth-order valence-electron chi connectivity index (χ4n) is 2.66. The molecule has 1 aromatic heterocycles. The van der Waals surface area contributed by atoms with Crippen LogP contribution in [0.25, 0.3) is 0 Å². The Morgan fingerprint density at radius 2 is 1.96 bits per heavy atom. The van der Waals surface area contributed by atoms with Crippen LogP contribution in [0.3, 0.4) is 0 Å². The van der Waals surface area contributed by atoms with Crippen molar-refractivity contribution in [3.63, 3.8) is 0 Å². The Morgan fingerprint density at radius 1 is 1.21 bits per heavy atom. The Bertz CT molecular complexity index is 737. The SMILES string of the molecule is C=CC(=O)N1CCN(c2ccccc2NC(=O)c2cscn2)CC1. The van der Waals surface area contributed by atoms with Crippen LogP contribution in [0.5, 0.6) is 0 Å². The second kappa shape index (κ2) is 7.27. The first-order valence-electron chi connectivity index (χ1n) is 7.64. The van der Waals surface area contributed by atoms with Gasteiger partial charge in [-0.05, 0) is 18.2 Å². The molecule has 7 heteroatoms. The summed E-state index contributed by atoms with van der Waals surface area (Å²) in [5, 5.41) is 4.64. The summed E-state index contributed by atoms with van der Waals surface area (Å²) in [5.41, 5.74) is 3.75. The third-order valence-electron chi connectivity index (χ3n) is 3.92. The van der Waals surface area contributed by atoms with E-state index in [0.717, 1.165) is 11.4 Å². The van der Waals surface area contributed by atoms with Gasteiger partial charge in [0.25, 0.3) is 5.91 Å². The maximum atomic E-state index is 12.2. The van der Waals surface area contributed by atoms with Crippen molar-refractivity contribution in [2.45, 2.75) is 0 Å². The molecule has 0 aliphatic carbocycles. The molecule has 0 atom stereocenters. The largest absolute Gasteiger partial charge is 0.366 e. The van der Waals surface area contributed by atoms with Crippen molar-refractivity contribution < 1.29 is 9.59 Å². The van der Waals surface area contributed by atoms with Gasteiger partial charge in [0, 0.05) is 31.6 Å². The highest BCUT2D eigenvalue weighted by molar-refractivity contribution is 7.07. The fourth-order valence-corrected chi connectivity index (χ4v) is 3.20. The van der Waals surface area contributed by atoms with Crippen molar-refractivity contribution in [2.24, 2.45) is 0 Å². The minimum atomic E-state index is -0.218. The number of carbonyl (C=O) groups is 2. The van der Waals surface area contributed by atoms with Crippen LogP contribution in [-0.2, 0) is 4.79 Å². The molecule has 0 radical (unpaired) electrons. The summed E-state index contributed by atoms with van der Waals surface area (Å²) in [5.74, 6) is -0.260. The van der Waals surface area contributed by atoms with E-state index in [1.165, 1.54) is 17.4 Å². The predicted molar refractivity (Wildman–Crippen MR) is 95.5 cm³/mol. The van der Waals surface area contributed by atoms with E-state index in [1.807, 2.05) is 24.3 Å². The maximum Gasteiger partial charge on any atom is 0.275 e. The number of benzene rings is 1. The topological polar surface area (TPSA) is 65.5 Å². The average Bonchev–Trinajstić information content (AvgIpc) is 3.16. The lowest BCUT2D eigenvalue weighted by molar-refractivity contribution is -0.126. The number of para-hydroxylation sites is 2. The lowest BCUT2D eigenvalue weighted by atomic mass is 10.2. The number of carbonyl (C=O) groups excluding carboxylic acids is 2. The summed E-state index contributed by atoms with van der Waals surface area (Å²) in [4.78, 5) is 31.9. The number of nitrogens with zero attached hydrogens (tertiary/aromatic N) is 3. The fraction of sp³-hybridized carbons (Fsp3) is 0.235. The van der Waals surface area contributed by atoms with Crippen LogP contribution in [0.4, 0.5) is 11.4 Å². The van der Waals surface area contributed by atoms with Gasteiger partial charge in [0.2, 0.25) is 5.91 Å². The second-order valence-electron chi connectivity index (χ2n) is 5.36. The smallest absolute Gasteiger partial charge is 0.275 e. The zero-order valence-corrected chi connectivity index (χ0v) is 14.0. The Labute approximate surface area is 144 Å². The van der Waals surface area contributed by atoms with Gasteiger partial charge in [-0.3, -0.25) is 9.59 Å². The van der Waals surface area contributed by atoms with Crippen molar-refractivity contribution in [2.75, 3.05) is 36.4 Å². The van der Waals surface area contributed by atoms with E-state index in [4.69, 9.17) is 0 Å². The van der Waals surface area contributed by atoms with E-state index < -0.39 is 0 Å². The van der Waals surface area contributed by atoms with E-state index in [0.29, 0.717) is 31.9 Å². The van der Waals surface area contributed by atoms with Gasteiger partial charge < -0.3 is 15.1 Å². The number of anilines is 2. The number of nitrogens with one attached hydrogen (secondary N) is 1. The van der Waals surface area contributed by atoms with E-state index in [1.54, 1.807) is 15.8 Å². The number of piperazine rings is 1. The minimum absolute atomic E-state index is 0.0419. The molecule has 0 saturated carbocycles. The highest BCUT2D eigenvalue weighted by atomic mass is 32.1. The number of amides is 2. The zero-order chi connectivity index (χ0) is 16.9. The van der Waals surface area contributed by atoms with E-state index in [2.05, 4.69) is 21.8 Å². The molecule has 3 rings (SSSR count). The lowest BCUT2D eigenvalue weighted by Gasteiger charge is -2.36. The third-order valence-corrected chi connectivity index (χ3v) is 4.51. The molecule has 2 amide bonds. The van der Waals surface area contributed by atoms with Crippen LogP contribution < -0.4 is 10.2 Å². The summed E-state index contributed by atoms with van der Waals surface area (Å²) in [6.45, 7) is 6.23. The first kappa shape index (κ1) is 16.2. The Balaban J connectivity index is 1.72. The van der Waals surface area contributed by atoms with Gasteiger partial charge in [-0.15, -0.1) is 11.3 Å². The monoisotopic (exact) mass is 342 g/mol. The van der Waals surface area contributed by atoms with Crippen LogP contribution in [-0.4, -0.2) is 47.9 Å². The number of hydrogen-bond donors (Lipinski definition) is 1. The normalized spacial score (nSPS) is 14.3. The van der Waals surface area contributed by atoms with Gasteiger partial charge in [0.05, 0.1) is 16.9 Å². The maximum absolute atomic E-state index is 12.2. The number of thiazole rings is 1. The predicted octanol–water partition coefficient (Wildman–Crippen LogP) is 2.23. The Kier molecular flexibility index (Phi) is 4.90. The molecular formula is C17H18N4O2S. The molecule has 0 spiro atoms. The van der Waals surface area contributed by atoms with Crippen molar-refractivity contribution in [3.8, 4) is 0 Å². The molecule has 24 heavy (non-hydrogen) atoms. The summed E-state index contributed by atoms with van der Waals surface area (Å²) in [7, 11) is 0. The minimum Gasteiger partial charge on any atom is -0.366 e. The highest BCUT2D eigenvalue weighted by Gasteiger charge is 2.21. The zero-order valence-electron chi connectivity index (χ0n) is 13.1. The van der Waals surface area contributed by atoms with Crippen LogP contribution >= 0.6 is 11.3 Å². The molecule has 0 unspecified atom stereocenters. The molecular weight excluding hydrogens is 324 g/mol. The van der Waals surface area contributed by atoms with Crippen LogP contribution in [0, 0.1) is 0 Å². The molecule has 2 aromatic rings. The van der Waals surface area contributed by atoms with Crippen molar-refractivity contribution in [3.05, 3.63) is 53.5 Å². The number of hydrogen-bond acceptors (Lipinski definition) is 5. The quantitative estimate of drug-likeness (QED) is 0.866. The van der Waals surface area contributed by atoms with E-state index in [9.17, 15) is 9.59 Å². The summed E-state index contributed by atoms with van der Waals surface area (Å²) >= 11 is 1.39. The molecule has 1 aliphatic rings. The molecule has 1 aliphatic heterocycles. The number of rotatable bonds is 4.